The minimum absolute atomic E-state index is 0.531. The highest BCUT2D eigenvalue weighted by Gasteiger charge is 2.19. The molecule has 1 N–H and O–H groups in total. The fourth-order valence-electron chi connectivity index (χ4n) is 2.70. The van der Waals surface area contributed by atoms with Crippen LogP contribution in [0.5, 0.6) is 0 Å². The standard InChI is InChI=1S/C17H10ClN5S3/c18-14-6-5-12(25-14)16-10(8-15-20-22-23-21-15)19-17(26-16)13-7-9-3-1-2-4-11(9)24-13/h1-7H,8H2,(H,20,21,22,23). The zero-order valence-electron chi connectivity index (χ0n) is 13.1. The number of halogens is 1. The number of nitrogens with one attached hydrogen (secondary N) is 1. The van der Waals surface area contributed by atoms with Gasteiger partial charge < -0.3 is 0 Å². The molecule has 0 amide bonds. The molecule has 4 heterocycles. The maximum atomic E-state index is 6.15. The summed E-state index contributed by atoms with van der Waals surface area (Å²) < 4.78 is 2.03. The average Bonchev–Trinajstić information content (AvgIpc) is 3.41. The van der Waals surface area contributed by atoms with E-state index in [0.29, 0.717) is 12.2 Å². The molecule has 5 nitrogen and oxygen atoms in total. The number of fused-ring (bicyclic) bond motifs is 1. The molecule has 0 atom stereocenters. The van der Waals surface area contributed by atoms with E-state index in [1.165, 1.54) is 15.0 Å². The molecule has 26 heavy (non-hydrogen) atoms. The van der Waals surface area contributed by atoms with Crippen molar-refractivity contribution in [3.63, 3.8) is 0 Å². The highest BCUT2D eigenvalue weighted by atomic mass is 35.5. The fourth-order valence-corrected chi connectivity index (χ4v) is 6.07. The van der Waals surface area contributed by atoms with E-state index in [0.717, 1.165) is 24.8 Å². The Bertz CT molecular complexity index is 1160. The van der Waals surface area contributed by atoms with Crippen LogP contribution in [0.25, 0.3) is 29.7 Å². The molecule has 0 spiro atoms. The van der Waals surface area contributed by atoms with Gasteiger partial charge in [-0.15, -0.1) is 44.2 Å². The summed E-state index contributed by atoms with van der Waals surface area (Å²) in [7, 11) is 0. The third kappa shape index (κ3) is 2.95. The first-order valence-electron chi connectivity index (χ1n) is 7.73. The maximum absolute atomic E-state index is 6.15. The zero-order chi connectivity index (χ0) is 17.5. The van der Waals surface area contributed by atoms with Crippen LogP contribution in [0.1, 0.15) is 11.5 Å². The van der Waals surface area contributed by atoms with Crippen LogP contribution in [0.15, 0.2) is 42.5 Å². The lowest BCUT2D eigenvalue weighted by Crippen LogP contribution is -1.93. The molecular formula is C17H10ClN5S3. The Morgan fingerprint density at radius 2 is 1.92 bits per heavy atom. The van der Waals surface area contributed by atoms with Crippen LogP contribution >= 0.6 is 45.6 Å². The molecule has 0 bridgehead atoms. The Hall–Kier alpha value is -2.13. The van der Waals surface area contributed by atoms with Crippen LogP contribution in [-0.2, 0) is 6.42 Å². The van der Waals surface area contributed by atoms with Gasteiger partial charge in [0.05, 0.1) is 26.2 Å². The van der Waals surface area contributed by atoms with Gasteiger partial charge in [-0.25, -0.2) is 4.98 Å². The molecule has 0 aliphatic carbocycles. The molecule has 0 saturated carbocycles. The maximum Gasteiger partial charge on any atom is 0.180 e. The Kier molecular flexibility index (Phi) is 4.05. The van der Waals surface area contributed by atoms with Gasteiger partial charge in [-0.3, -0.25) is 0 Å². The van der Waals surface area contributed by atoms with E-state index in [2.05, 4.69) is 51.0 Å². The molecule has 5 rings (SSSR count). The van der Waals surface area contributed by atoms with Gasteiger partial charge in [-0.05, 0) is 29.7 Å². The number of H-pyrrole nitrogens is 1. The summed E-state index contributed by atoms with van der Waals surface area (Å²) in [6, 6.07) is 14.5. The van der Waals surface area contributed by atoms with E-state index < -0.39 is 0 Å². The van der Waals surface area contributed by atoms with Gasteiger partial charge in [0, 0.05) is 9.58 Å². The Balaban J connectivity index is 1.63. The summed E-state index contributed by atoms with van der Waals surface area (Å²) in [6.07, 6.45) is 0.531. The van der Waals surface area contributed by atoms with Crippen molar-refractivity contribution in [2.24, 2.45) is 0 Å². The van der Waals surface area contributed by atoms with Crippen molar-refractivity contribution < 1.29 is 0 Å². The molecular weight excluding hydrogens is 406 g/mol. The zero-order valence-corrected chi connectivity index (χ0v) is 16.3. The van der Waals surface area contributed by atoms with Gasteiger partial charge in [0.15, 0.2) is 5.82 Å². The van der Waals surface area contributed by atoms with Gasteiger partial charge >= 0.3 is 0 Å². The highest BCUT2D eigenvalue weighted by molar-refractivity contribution is 7.28. The van der Waals surface area contributed by atoms with Crippen molar-refractivity contribution in [3.05, 3.63) is 58.3 Å². The van der Waals surface area contributed by atoms with Crippen molar-refractivity contribution in [1.82, 2.24) is 25.6 Å². The summed E-state index contributed by atoms with van der Waals surface area (Å²) in [5, 5.41) is 16.5. The van der Waals surface area contributed by atoms with Gasteiger partial charge in [0.25, 0.3) is 0 Å². The number of hydrogen-bond donors (Lipinski definition) is 1. The number of aromatic nitrogens is 5. The smallest absolute Gasteiger partial charge is 0.180 e. The number of tetrazole rings is 1. The van der Waals surface area contributed by atoms with Crippen molar-refractivity contribution in [2.45, 2.75) is 6.42 Å². The first-order chi connectivity index (χ1) is 12.8. The summed E-state index contributed by atoms with van der Waals surface area (Å²) in [4.78, 5) is 8.29. The highest BCUT2D eigenvalue weighted by Crippen LogP contribution is 2.43. The van der Waals surface area contributed by atoms with Crippen LogP contribution < -0.4 is 0 Å². The number of thiophene rings is 2. The monoisotopic (exact) mass is 415 g/mol. The molecule has 0 fully saturated rings. The topological polar surface area (TPSA) is 67.3 Å². The number of rotatable bonds is 4. The Morgan fingerprint density at radius 1 is 1.00 bits per heavy atom. The van der Waals surface area contributed by atoms with Crippen LogP contribution in [0.3, 0.4) is 0 Å². The van der Waals surface area contributed by atoms with Crippen LogP contribution in [-0.4, -0.2) is 25.6 Å². The second-order valence-electron chi connectivity index (χ2n) is 5.55. The molecule has 0 aliphatic heterocycles. The van der Waals surface area contributed by atoms with Gasteiger partial charge in [0.2, 0.25) is 0 Å². The van der Waals surface area contributed by atoms with Crippen LogP contribution in [0, 0.1) is 0 Å². The van der Waals surface area contributed by atoms with E-state index in [4.69, 9.17) is 16.6 Å². The lowest BCUT2D eigenvalue weighted by molar-refractivity contribution is 0.881. The first kappa shape index (κ1) is 16.1. The number of benzene rings is 1. The number of nitrogens with zero attached hydrogens (tertiary/aromatic N) is 4. The first-order valence-corrected chi connectivity index (χ1v) is 10.6. The second-order valence-corrected chi connectivity index (χ2v) is 9.35. The summed E-state index contributed by atoms with van der Waals surface area (Å²) >= 11 is 11.1. The molecule has 5 aromatic rings. The van der Waals surface area contributed by atoms with Crippen molar-refractivity contribution in [3.8, 4) is 19.6 Å². The Morgan fingerprint density at radius 3 is 2.69 bits per heavy atom. The fraction of sp³-hybridized carbons (Fsp3) is 0.0588. The molecule has 128 valence electrons. The van der Waals surface area contributed by atoms with E-state index in [-0.39, 0.29) is 0 Å². The van der Waals surface area contributed by atoms with Crippen molar-refractivity contribution >= 4 is 55.7 Å². The van der Waals surface area contributed by atoms with Gasteiger partial charge in [-0.1, -0.05) is 35.0 Å². The molecule has 0 aliphatic rings. The lowest BCUT2D eigenvalue weighted by atomic mass is 10.2. The third-order valence-corrected chi connectivity index (χ3v) is 7.64. The molecule has 0 saturated heterocycles. The molecule has 9 heteroatoms. The predicted octanol–water partition coefficient (Wildman–Crippen LogP) is 5.51. The van der Waals surface area contributed by atoms with Crippen LogP contribution in [0.4, 0.5) is 0 Å². The minimum atomic E-state index is 0.531. The Labute approximate surface area is 165 Å². The second kappa shape index (κ2) is 6.55. The van der Waals surface area contributed by atoms with Gasteiger partial charge in [0.1, 0.15) is 5.01 Å². The SMILES string of the molecule is Clc1ccc(-c2sc(-c3cc4ccccc4s3)nc2Cc2nn[nH]n2)s1. The van der Waals surface area contributed by atoms with Crippen LogP contribution in [0.2, 0.25) is 4.34 Å². The molecule has 0 unspecified atom stereocenters. The molecule has 0 radical (unpaired) electrons. The molecule has 4 aromatic heterocycles. The quantitative estimate of drug-likeness (QED) is 0.420. The molecule has 1 aromatic carbocycles. The number of hydrogen-bond acceptors (Lipinski definition) is 7. The lowest BCUT2D eigenvalue weighted by Gasteiger charge is -1.95. The summed E-state index contributed by atoms with van der Waals surface area (Å²) in [5.41, 5.74) is 0.947. The van der Waals surface area contributed by atoms with E-state index in [9.17, 15) is 0 Å². The summed E-state index contributed by atoms with van der Waals surface area (Å²) in [6.45, 7) is 0. The van der Waals surface area contributed by atoms with E-state index in [1.54, 1.807) is 34.0 Å². The largest absolute Gasteiger partial charge is 0.239 e. The van der Waals surface area contributed by atoms with Crippen molar-refractivity contribution in [1.29, 1.82) is 0 Å². The minimum Gasteiger partial charge on any atom is -0.239 e. The van der Waals surface area contributed by atoms with E-state index >= 15 is 0 Å². The van der Waals surface area contributed by atoms with Gasteiger partial charge in [-0.2, -0.15) is 5.21 Å². The normalized spacial score (nSPS) is 11.4. The van der Waals surface area contributed by atoms with Crippen molar-refractivity contribution in [2.75, 3.05) is 0 Å². The predicted molar refractivity (Wildman–Crippen MR) is 108 cm³/mol. The third-order valence-electron chi connectivity index (χ3n) is 3.85. The number of aromatic amines is 1. The van der Waals surface area contributed by atoms with E-state index in [1.807, 2.05) is 12.1 Å². The summed E-state index contributed by atoms with van der Waals surface area (Å²) in [5.74, 6) is 0.627. The number of thiazole rings is 1. The average molecular weight is 416 g/mol.